The van der Waals surface area contributed by atoms with Crippen molar-refractivity contribution in [3.05, 3.63) is 0 Å². The lowest BCUT2D eigenvalue weighted by Crippen LogP contribution is -2.14. The van der Waals surface area contributed by atoms with Crippen LogP contribution in [0.15, 0.2) is 4.90 Å². The van der Waals surface area contributed by atoms with E-state index in [2.05, 4.69) is 30.5 Å². The number of sulfone groups is 1. The average Bonchev–Trinajstić information content (AvgIpc) is 2.58. The minimum absolute atomic E-state index is 0.0313. The predicted octanol–water partition coefficient (Wildman–Crippen LogP) is 2.37. The molecule has 0 amide bonds. The maximum atomic E-state index is 11.9. The Kier molecular flexibility index (Phi) is 4.61. The van der Waals surface area contributed by atoms with Crippen LogP contribution in [0, 0.1) is 5.41 Å². The molecule has 1 aromatic rings. The van der Waals surface area contributed by atoms with E-state index in [1.165, 1.54) is 0 Å². The zero-order chi connectivity index (χ0) is 14.0. The molecular weight excluding hydrogens is 270 g/mol. The van der Waals surface area contributed by atoms with Gasteiger partial charge in [0.05, 0.1) is 5.75 Å². The minimum Gasteiger partial charge on any atom is -0.382 e. The lowest BCUT2D eigenvalue weighted by atomic mass is 9.92. The van der Waals surface area contributed by atoms with Crippen molar-refractivity contribution < 1.29 is 8.42 Å². The Morgan fingerprint density at radius 1 is 1.39 bits per heavy atom. The van der Waals surface area contributed by atoms with Crippen LogP contribution in [-0.4, -0.2) is 25.1 Å². The zero-order valence-corrected chi connectivity index (χ0v) is 12.9. The summed E-state index contributed by atoms with van der Waals surface area (Å²) < 4.78 is 27.7. The van der Waals surface area contributed by atoms with E-state index in [-0.39, 0.29) is 21.9 Å². The van der Waals surface area contributed by atoms with Crippen molar-refractivity contribution >= 4 is 32.2 Å². The summed E-state index contributed by atoms with van der Waals surface area (Å²) in [5.74, 6) is 0.129. The predicted molar refractivity (Wildman–Crippen MR) is 76.8 cm³/mol. The fourth-order valence-electron chi connectivity index (χ4n) is 1.40. The maximum Gasteiger partial charge on any atom is 0.184 e. The van der Waals surface area contributed by atoms with Crippen molar-refractivity contribution in [2.75, 3.05) is 23.3 Å². The third kappa shape index (κ3) is 3.84. The second-order valence-corrected chi connectivity index (χ2v) is 8.36. The van der Waals surface area contributed by atoms with Gasteiger partial charge in [-0.3, -0.25) is 0 Å². The van der Waals surface area contributed by atoms with Gasteiger partial charge in [-0.1, -0.05) is 27.7 Å². The Labute approximate surface area is 113 Å². The second-order valence-electron chi connectivity index (χ2n) is 5.37. The first kappa shape index (κ1) is 15.2. The topological polar surface area (TPSA) is 85.1 Å². The number of nitrogens with two attached hydrogens (primary N) is 1. The highest BCUT2D eigenvalue weighted by Gasteiger charge is 2.23. The summed E-state index contributed by atoms with van der Waals surface area (Å²) in [4.78, 5) is 0.156. The van der Waals surface area contributed by atoms with E-state index in [9.17, 15) is 8.42 Å². The van der Waals surface area contributed by atoms with Gasteiger partial charge in [0.25, 0.3) is 0 Å². The van der Waals surface area contributed by atoms with E-state index >= 15 is 0 Å². The number of hydrogen-bond donors (Lipinski definition) is 2. The average molecular weight is 291 g/mol. The van der Waals surface area contributed by atoms with Crippen molar-refractivity contribution in [2.24, 2.45) is 5.41 Å². The molecule has 5 nitrogen and oxygen atoms in total. The van der Waals surface area contributed by atoms with Crippen molar-refractivity contribution in [2.45, 2.75) is 39.0 Å². The number of nitrogens with one attached hydrogen (secondary N) is 1. The van der Waals surface area contributed by atoms with Crippen LogP contribution in [0.5, 0.6) is 0 Å². The molecule has 1 heterocycles. The van der Waals surface area contributed by atoms with Crippen LogP contribution in [0.25, 0.3) is 0 Å². The molecule has 0 saturated carbocycles. The summed E-state index contributed by atoms with van der Waals surface area (Å²) in [6.45, 7) is 8.72. The number of rotatable bonds is 5. The molecule has 0 aliphatic heterocycles. The summed E-state index contributed by atoms with van der Waals surface area (Å²) in [7, 11) is -3.32. The van der Waals surface area contributed by atoms with Gasteiger partial charge in [0, 0.05) is 6.54 Å². The molecule has 1 aromatic heterocycles. The maximum absolute atomic E-state index is 11.9. The fourth-order valence-corrected chi connectivity index (χ4v) is 3.60. The number of hydrogen-bond acceptors (Lipinski definition) is 6. The molecule has 0 spiro atoms. The quantitative estimate of drug-likeness (QED) is 0.870. The van der Waals surface area contributed by atoms with Gasteiger partial charge in [0.15, 0.2) is 15.7 Å². The van der Waals surface area contributed by atoms with Crippen LogP contribution in [0.1, 0.15) is 34.1 Å². The molecule has 18 heavy (non-hydrogen) atoms. The summed E-state index contributed by atoms with van der Waals surface area (Å²) in [5, 5.41) is 3.68. The van der Waals surface area contributed by atoms with Crippen molar-refractivity contribution in [3.8, 4) is 0 Å². The Hall–Kier alpha value is -0.820. The van der Waals surface area contributed by atoms with Crippen molar-refractivity contribution in [1.82, 2.24) is 4.37 Å². The molecule has 3 N–H and O–H groups in total. The molecule has 0 aliphatic carbocycles. The molecule has 0 fully saturated rings. The van der Waals surface area contributed by atoms with Gasteiger partial charge < -0.3 is 11.1 Å². The van der Waals surface area contributed by atoms with Crippen molar-refractivity contribution in [1.29, 1.82) is 0 Å². The highest BCUT2D eigenvalue weighted by Crippen LogP contribution is 2.32. The van der Waals surface area contributed by atoms with Crippen LogP contribution in [0.4, 0.5) is 10.8 Å². The fraction of sp³-hybridized carbons (Fsp3) is 0.727. The molecular formula is C11H21N3O2S2. The van der Waals surface area contributed by atoms with Gasteiger partial charge in [-0.2, -0.15) is 4.37 Å². The highest BCUT2D eigenvalue weighted by atomic mass is 32.2. The van der Waals surface area contributed by atoms with E-state index in [0.29, 0.717) is 11.5 Å². The summed E-state index contributed by atoms with van der Waals surface area (Å²) in [6, 6.07) is 0. The molecule has 0 aliphatic rings. The Bertz CT molecular complexity index is 501. The lowest BCUT2D eigenvalue weighted by Gasteiger charge is -2.18. The van der Waals surface area contributed by atoms with Gasteiger partial charge in [-0.25, -0.2) is 8.42 Å². The van der Waals surface area contributed by atoms with Crippen molar-refractivity contribution in [3.63, 3.8) is 0 Å². The Morgan fingerprint density at radius 3 is 2.50 bits per heavy atom. The van der Waals surface area contributed by atoms with Gasteiger partial charge in [-0.05, 0) is 23.4 Å². The summed E-state index contributed by atoms with van der Waals surface area (Å²) >= 11 is 1.10. The number of anilines is 2. The van der Waals surface area contributed by atoms with Crippen LogP contribution < -0.4 is 11.1 Å². The third-order valence-corrected chi connectivity index (χ3v) is 5.27. The second kappa shape index (κ2) is 5.44. The zero-order valence-electron chi connectivity index (χ0n) is 11.3. The summed E-state index contributed by atoms with van der Waals surface area (Å²) in [6.07, 6.45) is 0.941. The van der Waals surface area contributed by atoms with E-state index in [1.807, 2.05) is 0 Å². The lowest BCUT2D eigenvalue weighted by molar-refractivity contribution is 0.390. The van der Waals surface area contributed by atoms with E-state index in [0.717, 1.165) is 18.0 Å². The first-order valence-electron chi connectivity index (χ1n) is 5.89. The van der Waals surface area contributed by atoms with Gasteiger partial charge in [0.2, 0.25) is 0 Å². The normalized spacial score (nSPS) is 12.7. The summed E-state index contributed by atoms with van der Waals surface area (Å²) in [5.41, 5.74) is 5.84. The third-order valence-electron chi connectivity index (χ3n) is 2.53. The molecule has 0 atom stereocenters. The molecule has 0 aromatic carbocycles. The van der Waals surface area contributed by atoms with E-state index in [4.69, 9.17) is 5.73 Å². The van der Waals surface area contributed by atoms with Crippen LogP contribution >= 0.6 is 11.5 Å². The molecule has 104 valence electrons. The first-order valence-corrected chi connectivity index (χ1v) is 8.31. The molecule has 0 radical (unpaired) electrons. The SMILES string of the molecule is CCS(=O)(=O)c1c(N)nsc1NCCC(C)(C)C. The standard InChI is InChI=1S/C11H21N3O2S2/c1-5-18(15,16)8-9(12)14-17-10(8)13-7-6-11(2,3)4/h13H,5-7H2,1-4H3,(H2,12,14). The molecule has 1 rings (SSSR count). The molecule has 0 bridgehead atoms. The molecule has 0 unspecified atom stereocenters. The minimum atomic E-state index is -3.32. The molecule has 0 saturated heterocycles. The smallest absolute Gasteiger partial charge is 0.184 e. The highest BCUT2D eigenvalue weighted by molar-refractivity contribution is 7.91. The number of nitrogens with zero attached hydrogens (tertiary/aromatic N) is 1. The Morgan fingerprint density at radius 2 is 2.00 bits per heavy atom. The van der Waals surface area contributed by atoms with Crippen LogP contribution in [-0.2, 0) is 9.84 Å². The van der Waals surface area contributed by atoms with Gasteiger partial charge >= 0.3 is 0 Å². The van der Waals surface area contributed by atoms with Gasteiger partial charge in [-0.15, -0.1) is 0 Å². The van der Waals surface area contributed by atoms with Crippen LogP contribution in [0.2, 0.25) is 0 Å². The monoisotopic (exact) mass is 291 g/mol. The van der Waals surface area contributed by atoms with Crippen LogP contribution in [0.3, 0.4) is 0 Å². The number of aromatic nitrogens is 1. The van der Waals surface area contributed by atoms with E-state index in [1.54, 1.807) is 6.92 Å². The number of nitrogen functional groups attached to an aromatic ring is 1. The van der Waals surface area contributed by atoms with Gasteiger partial charge in [0.1, 0.15) is 9.90 Å². The largest absolute Gasteiger partial charge is 0.382 e. The van der Waals surface area contributed by atoms with E-state index < -0.39 is 9.84 Å². The Balaban J connectivity index is 2.86. The first-order chi connectivity index (χ1) is 8.17. The molecule has 7 heteroatoms.